The van der Waals surface area contributed by atoms with Crippen molar-refractivity contribution < 1.29 is 14.3 Å². The van der Waals surface area contributed by atoms with Crippen molar-refractivity contribution in [3.8, 4) is 0 Å². The van der Waals surface area contributed by atoms with Crippen LogP contribution in [-0.4, -0.2) is 53.1 Å². The molecule has 2 heterocycles. The lowest BCUT2D eigenvalue weighted by Gasteiger charge is -2.33. The normalized spacial score (nSPS) is 17.0. The van der Waals surface area contributed by atoms with E-state index in [0.29, 0.717) is 38.4 Å². The van der Waals surface area contributed by atoms with E-state index in [1.807, 2.05) is 16.4 Å². The molecule has 1 unspecified atom stereocenters. The molecule has 0 saturated carbocycles. The topological polar surface area (TPSA) is 76.5 Å². The summed E-state index contributed by atoms with van der Waals surface area (Å²) >= 11 is 0. The monoisotopic (exact) mass is 322 g/mol. The third kappa shape index (κ3) is 4.10. The van der Waals surface area contributed by atoms with Gasteiger partial charge in [0, 0.05) is 39.4 Å². The van der Waals surface area contributed by atoms with Crippen LogP contribution in [0.3, 0.4) is 0 Å². The fourth-order valence-electron chi connectivity index (χ4n) is 2.77. The largest absolute Gasteiger partial charge is 0.383 e. The second-order valence-corrected chi connectivity index (χ2v) is 5.79. The fraction of sp³-hybridized carbons (Fsp3) is 0.688. The van der Waals surface area contributed by atoms with Crippen LogP contribution in [0.15, 0.2) is 6.20 Å². The van der Waals surface area contributed by atoms with Crippen molar-refractivity contribution in [2.75, 3.05) is 26.8 Å². The van der Waals surface area contributed by atoms with Gasteiger partial charge in [-0.25, -0.2) is 4.98 Å². The van der Waals surface area contributed by atoms with Crippen LogP contribution in [-0.2, 0) is 16.1 Å². The van der Waals surface area contributed by atoms with Crippen LogP contribution < -0.4 is 5.32 Å². The molecule has 2 amide bonds. The van der Waals surface area contributed by atoms with E-state index in [1.165, 1.54) is 0 Å². The van der Waals surface area contributed by atoms with Gasteiger partial charge in [0.25, 0.3) is 5.91 Å². The minimum Gasteiger partial charge on any atom is -0.383 e. The molecule has 7 nitrogen and oxygen atoms in total. The number of imidazole rings is 1. The minimum absolute atomic E-state index is 0.103. The van der Waals surface area contributed by atoms with Crippen molar-refractivity contribution in [2.24, 2.45) is 0 Å². The zero-order valence-corrected chi connectivity index (χ0v) is 14.2. The molecule has 1 aromatic rings. The number of carbonyl (C=O) groups excluding carboxylic acids is 2. The molecule has 0 aliphatic carbocycles. The van der Waals surface area contributed by atoms with Crippen LogP contribution in [0.5, 0.6) is 0 Å². The Morgan fingerprint density at radius 2 is 2.22 bits per heavy atom. The summed E-state index contributed by atoms with van der Waals surface area (Å²) < 4.78 is 6.89. The van der Waals surface area contributed by atoms with Gasteiger partial charge < -0.3 is 19.5 Å². The number of methoxy groups -OCH3 is 1. The highest BCUT2D eigenvalue weighted by molar-refractivity contribution is 5.92. The average Bonchev–Trinajstić information content (AvgIpc) is 2.98. The predicted molar refractivity (Wildman–Crippen MR) is 86.1 cm³/mol. The number of hydrogen-bond donors (Lipinski definition) is 1. The van der Waals surface area contributed by atoms with Gasteiger partial charge in [-0.1, -0.05) is 13.3 Å². The van der Waals surface area contributed by atoms with Crippen molar-refractivity contribution in [2.45, 2.75) is 45.7 Å². The third-order valence-electron chi connectivity index (χ3n) is 4.12. The number of carbonyl (C=O) groups is 2. The maximum Gasteiger partial charge on any atom is 0.271 e. The smallest absolute Gasteiger partial charge is 0.271 e. The molecule has 0 radical (unpaired) electrons. The lowest BCUT2D eigenvalue weighted by atomic mass is 10.1. The van der Waals surface area contributed by atoms with Gasteiger partial charge in [-0.05, 0) is 13.3 Å². The second kappa shape index (κ2) is 8.10. The van der Waals surface area contributed by atoms with Gasteiger partial charge in [0.15, 0.2) is 0 Å². The highest BCUT2D eigenvalue weighted by Gasteiger charge is 2.30. The van der Waals surface area contributed by atoms with Crippen molar-refractivity contribution in [3.05, 3.63) is 17.7 Å². The molecule has 0 bridgehead atoms. The zero-order valence-electron chi connectivity index (χ0n) is 14.2. The van der Waals surface area contributed by atoms with Gasteiger partial charge in [0.1, 0.15) is 11.5 Å². The Morgan fingerprint density at radius 1 is 1.43 bits per heavy atom. The van der Waals surface area contributed by atoms with Crippen LogP contribution >= 0.6 is 0 Å². The molecule has 128 valence electrons. The fourth-order valence-corrected chi connectivity index (χ4v) is 2.77. The molecule has 0 spiro atoms. The predicted octanol–water partition coefficient (Wildman–Crippen LogP) is 1.35. The Hall–Kier alpha value is -1.89. The molecule has 1 atom stereocenters. The molecule has 1 aliphatic rings. The van der Waals surface area contributed by atoms with Crippen molar-refractivity contribution in [1.29, 1.82) is 0 Å². The van der Waals surface area contributed by atoms with E-state index < -0.39 is 0 Å². The van der Waals surface area contributed by atoms with Crippen molar-refractivity contribution in [3.63, 3.8) is 0 Å². The Labute approximate surface area is 137 Å². The number of ether oxygens (including phenoxy) is 1. The number of amides is 2. The van der Waals surface area contributed by atoms with Crippen LogP contribution in [0.2, 0.25) is 0 Å². The van der Waals surface area contributed by atoms with Crippen LogP contribution in [0.1, 0.15) is 55.5 Å². The highest BCUT2D eigenvalue weighted by atomic mass is 16.5. The van der Waals surface area contributed by atoms with Crippen LogP contribution in [0.25, 0.3) is 0 Å². The summed E-state index contributed by atoms with van der Waals surface area (Å²) in [5.74, 6) is 0.734. The number of hydrogen-bond acceptors (Lipinski definition) is 4. The van der Waals surface area contributed by atoms with Crippen molar-refractivity contribution >= 4 is 11.8 Å². The summed E-state index contributed by atoms with van der Waals surface area (Å²) in [4.78, 5) is 30.7. The molecule has 7 heteroatoms. The molecular formula is C16H26N4O3. The van der Waals surface area contributed by atoms with E-state index in [4.69, 9.17) is 4.74 Å². The van der Waals surface area contributed by atoms with Crippen molar-refractivity contribution in [1.82, 2.24) is 19.8 Å². The van der Waals surface area contributed by atoms with Gasteiger partial charge in [-0.3, -0.25) is 9.59 Å². The van der Waals surface area contributed by atoms with E-state index in [2.05, 4.69) is 17.2 Å². The first-order valence-electron chi connectivity index (χ1n) is 8.22. The lowest BCUT2D eigenvalue weighted by Crippen LogP contribution is -2.41. The number of nitrogens with one attached hydrogen (secondary N) is 1. The summed E-state index contributed by atoms with van der Waals surface area (Å²) in [5, 5.41) is 2.77. The van der Waals surface area contributed by atoms with E-state index in [1.54, 1.807) is 13.3 Å². The Kier molecular flexibility index (Phi) is 6.15. The summed E-state index contributed by atoms with van der Waals surface area (Å²) in [7, 11) is 1.59. The Balaban J connectivity index is 2.05. The summed E-state index contributed by atoms with van der Waals surface area (Å²) in [6.07, 6.45) is 4.26. The van der Waals surface area contributed by atoms with Gasteiger partial charge in [-0.2, -0.15) is 0 Å². The SMILES string of the molecule is CCCCC(=O)N1CCn2cc(C(=O)NCCOC)nc2C1C. The molecule has 1 N–H and O–H groups in total. The van der Waals surface area contributed by atoms with Gasteiger partial charge in [0.05, 0.1) is 12.6 Å². The molecule has 0 saturated heterocycles. The van der Waals surface area contributed by atoms with E-state index in [0.717, 1.165) is 18.7 Å². The molecular weight excluding hydrogens is 296 g/mol. The first-order valence-corrected chi connectivity index (χ1v) is 8.22. The number of nitrogens with zero attached hydrogens (tertiary/aromatic N) is 3. The first kappa shape index (κ1) is 17.5. The summed E-state index contributed by atoms with van der Waals surface area (Å²) in [6, 6.07) is -0.103. The number of fused-ring (bicyclic) bond motifs is 1. The standard InChI is InChI=1S/C16H26N4O3/c1-4-5-6-14(21)20-9-8-19-11-13(18-15(19)12(20)2)16(22)17-7-10-23-3/h11-12H,4-10H2,1-3H3,(H,17,22). The number of aromatic nitrogens is 2. The molecule has 1 aliphatic heterocycles. The quantitative estimate of drug-likeness (QED) is 0.769. The number of rotatable bonds is 7. The second-order valence-electron chi connectivity index (χ2n) is 5.79. The first-order chi connectivity index (χ1) is 11.1. The molecule has 0 aromatic carbocycles. The highest BCUT2D eigenvalue weighted by Crippen LogP contribution is 2.25. The maximum atomic E-state index is 12.3. The van der Waals surface area contributed by atoms with Gasteiger partial charge in [0.2, 0.25) is 5.91 Å². The van der Waals surface area contributed by atoms with Crippen LogP contribution in [0.4, 0.5) is 0 Å². The lowest BCUT2D eigenvalue weighted by molar-refractivity contribution is -0.134. The van der Waals surface area contributed by atoms with Gasteiger partial charge >= 0.3 is 0 Å². The Morgan fingerprint density at radius 3 is 2.91 bits per heavy atom. The van der Waals surface area contributed by atoms with E-state index in [-0.39, 0.29) is 17.9 Å². The average molecular weight is 322 g/mol. The van der Waals surface area contributed by atoms with Gasteiger partial charge in [-0.15, -0.1) is 0 Å². The molecule has 2 rings (SSSR count). The third-order valence-corrected chi connectivity index (χ3v) is 4.12. The molecule has 0 fully saturated rings. The summed E-state index contributed by atoms with van der Waals surface area (Å²) in [5.41, 5.74) is 0.394. The Bertz CT molecular complexity index is 556. The molecule has 23 heavy (non-hydrogen) atoms. The molecule has 1 aromatic heterocycles. The van der Waals surface area contributed by atoms with Crippen LogP contribution in [0, 0.1) is 0 Å². The summed E-state index contributed by atoms with van der Waals surface area (Å²) in [6.45, 7) is 6.31. The van der Waals surface area contributed by atoms with E-state index in [9.17, 15) is 9.59 Å². The number of unbranched alkanes of at least 4 members (excludes halogenated alkanes) is 1. The minimum atomic E-state index is -0.208. The zero-order chi connectivity index (χ0) is 16.8. The maximum absolute atomic E-state index is 12.3. The van der Waals surface area contributed by atoms with E-state index >= 15 is 0 Å².